The Morgan fingerprint density at radius 1 is 1.57 bits per heavy atom. The predicted molar refractivity (Wildman–Crippen MR) is 57.0 cm³/mol. The van der Waals surface area contributed by atoms with Gasteiger partial charge >= 0.3 is 0 Å². The van der Waals surface area contributed by atoms with E-state index < -0.39 is 16.6 Å². The quantitative estimate of drug-likeness (QED) is 0.786. The molecule has 0 radical (unpaired) electrons. The molecule has 1 rings (SSSR count). The molecular formula is C10H14FNOS. The van der Waals surface area contributed by atoms with Crippen LogP contribution in [0.4, 0.5) is 10.1 Å². The summed E-state index contributed by atoms with van der Waals surface area (Å²) in [5.74, 6) is -0.396. The number of anilines is 1. The molecule has 2 N–H and O–H groups in total. The van der Waals surface area contributed by atoms with Crippen molar-refractivity contribution in [3.8, 4) is 0 Å². The van der Waals surface area contributed by atoms with Gasteiger partial charge in [-0.1, -0.05) is 13.8 Å². The van der Waals surface area contributed by atoms with Crippen LogP contribution in [0.2, 0.25) is 0 Å². The maximum Gasteiger partial charge on any atom is 0.125 e. The molecule has 0 saturated carbocycles. The number of hydrogen-bond donors (Lipinski definition) is 1. The van der Waals surface area contributed by atoms with Gasteiger partial charge in [-0.25, -0.2) is 4.39 Å². The first-order chi connectivity index (χ1) is 6.56. The Morgan fingerprint density at radius 2 is 2.21 bits per heavy atom. The summed E-state index contributed by atoms with van der Waals surface area (Å²) < 4.78 is 24.5. The van der Waals surface area contributed by atoms with E-state index in [2.05, 4.69) is 0 Å². The van der Waals surface area contributed by atoms with Crippen LogP contribution in [0.15, 0.2) is 23.1 Å². The van der Waals surface area contributed by atoms with Gasteiger partial charge in [0.1, 0.15) is 5.82 Å². The molecule has 0 aliphatic carbocycles. The Hall–Kier alpha value is -0.900. The van der Waals surface area contributed by atoms with Crippen LogP contribution in [-0.4, -0.2) is 9.46 Å². The van der Waals surface area contributed by atoms with Gasteiger partial charge < -0.3 is 5.73 Å². The fourth-order valence-corrected chi connectivity index (χ4v) is 2.30. The lowest BCUT2D eigenvalue weighted by atomic mass is 10.3. The zero-order valence-electron chi connectivity index (χ0n) is 8.29. The maximum atomic E-state index is 12.7. The lowest BCUT2D eigenvalue weighted by Gasteiger charge is -2.10. The van der Waals surface area contributed by atoms with Crippen molar-refractivity contribution in [3.05, 3.63) is 24.0 Å². The van der Waals surface area contributed by atoms with E-state index >= 15 is 0 Å². The van der Waals surface area contributed by atoms with Crippen LogP contribution in [0.25, 0.3) is 0 Å². The van der Waals surface area contributed by atoms with Crippen LogP contribution in [0.5, 0.6) is 0 Å². The average molecular weight is 215 g/mol. The number of nitrogens with two attached hydrogens (primary N) is 1. The molecule has 14 heavy (non-hydrogen) atoms. The van der Waals surface area contributed by atoms with E-state index in [1.165, 1.54) is 18.2 Å². The molecule has 1 aromatic carbocycles. The molecular weight excluding hydrogens is 201 g/mol. The minimum atomic E-state index is -1.14. The molecule has 2 nitrogen and oxygen atoms in total. The second-order valence-corrected chi connectivity index (χ2v) is 5.04. The van der Waals surface area contributed by atoms with E-state index in [9.17, 15) is 8.60 Å². The van der Waals surface area contributed by atoms with E-state index in [-0.39, 0.29) is 10.9 Å². The molecule has 78 valence electrons. The van der Waals surface area contributed by atoms with Crippen molar-refractivity contribution in [1.82, 2.24) is 0 Å². The number of benzene rings is 1. The molecule has 0 fully saturated rings. The Bertz CT molecular complexity index is 354. The highest BCUT2D eigenvalue weighted by atomic mass is 32.2. The fraction of sp³-hybridized carbons (Fsp3) is 0.400. The molecule has 2 atom stereocenters. The minimum absolute atomic E-state index is 0.0442. The fourth-order valence-electron chi connectivity index (χ4n) is 1.07. The second-order valence-electron chi connectivity index (χ2n) is 3.20. The van der Waals surface area contributed by atoms with Crippen LogP contribution < -0.4 is 5.73 Å². The van der Waals surface area contributed by atoms with Crippen molar-refractivity contribution in [2.45, 2.75) is 30.4 Å². The molecule has 0 amide bonds. The minimum Gasteiger partial charge on any atom is -0.398 e. The lowest BCUT2D eigenvalue weighted by molar-refractivity contribution is 0.627. The molecule has 0 spiro atoms. The molecule has 0 aliphatic heterocycles. The number of rotatable bonds is 3. The van der Waals surface area contributed by atoms with Crippen molar-refractivity contribution in [3.63, 3.8) is 0 Å². The van der Waals surface area contributed by atoms with Gasteiger partial charge in [0.2, 0.25) is 0 Å². The first-order valence-corrected chi connectivity index (χ1v) is 5.73. The summed E-state index contributed by atoms with van der Waals surface area (Å²) in [6.07, 6.45) is 0.809. The third-order valence-electron chi connectivity index (χ3n) is 2.13. The summed E-state index contributed by atoms with van der Waals surface area (Å²) in [7, 11) is -1.14. The SMILES string of the molecule is CCC(C)S(=O)c1ccc(F)cc1N. The molecule has 0 aromatic heterocycles. The predicted octanol–water partition coefficient (Wildman–Crippen LogP) is 2.31. The first-order valence-electron chi connectivity index (χ1n) is 4.51. The number of hydrogen-bond acceptors (Lipinski definition) is 2. The molecule has 0 heterocycles. The summed E-state index contributed by atoms with van der Waals surface area (Å²) in [6, 6.07) is 3.98. The summed E-state index contributed by atoms with van der Waals surface area (Å²) in [4.78, 5) is 0.528. The smallest absolute Gasteiger partial charge is 0.125 e. The molecule has 0 saturated heterocycles. The van der Waals surface area contributed by atoms with E-state index in [0.717, 1.165) is 6.42 Å². The van der Waals surface area contributed by atoms with Crippen molar-refractivity contribution >= 4 is 16.5 Å². The second kappa shape index (κ2) is 4.55. The van der Waals surface area contributed by atoms with Gasteiger partial charge in [0.05, 0.1) is 21.4 Å². The highest BCUT2D eigenvalue weighted by molar-refractivity contribution is 7.85. The highest BCUT2D eigenvalue weighted by Gasteiger charge is 2.14. The van der Waals surface area contributed by atoms with E-state index in [0.29, 0.717) is 4.90 Å². The Balaban J connectivity index is 3.02. The lowest BCUT2D eigenvalue weighted by Crippen LogP contribution is -2.11. The third-order valence-corrected chi connectivity index (χ3v) is 4.00. The third kappa shape index (κ3) is 2.32. The highest BCUT2D eigenvalue weighted by Crippen LogP contribution is 2.21. The van der Waals surface area contributed by atoms with Crippen molar-refractivity contribution in [1.29, 1.82) is 0 Å². The largest absolute Gasteiger partial charge is 0.398 e. The van der Waals surface area contributed by atoms with Gasteiger partial charge in [-0.2, -0.15) is 0 Å². The van der Waals surface area contributed by atoms with Crippen LogP contribution in [-0.2, 0) is 10.8 Å². The van der Waals surface area contributed by atoms with Crippen LogP contribution in [0.3, 0.4) is 0 Å². The Morgan fingerprint density at radius 3 is 2.71 bits per heavy atom. The summed E-state index contributed by atoms with van der Waals surface area (Å²) in [5, 5.41) is 0.0442. The normalized spacial score (nSPS) is 15.1. The zero-order chi connectivity index (χ0) is 10.7. The van der Waals surface area contributed by atoms with Gasteiger partial charge in [0, 0.05) is 5.25 Å². The number of halogens is 1. The van der Waals surface area contributed by atoms with E-state index in [1.807, 2.05) is 13.8 Å². The zero-order valence-corrected chi connectivity index (χ0v) is 9.10. The molecule has 2 unspecified atom stereocenters. The van der Waals surface area contributed by atoms with Crippen molar-refractivity contribution < 1.29 is 8.60 Å². The molecule has 1 aromatic rings. The van der Waals surface area contributed by atoms with Crippen LogP contribution >= 0.6 is 0 Å². The Kier molecular flexibility index (Phi) is 3.63. The van der Waals surface area contributed by atoms with Crippen LogP contribution in [0, 0.1) is 5.82 Å². The van der Waals surface area contributed by atoms with E-state index in [4.69, 9.17) is 5.73 Å². The van der Waals surface area contributed by atoms with Gasteiger partial charge in [0.15, 0.2) is 0 Å². The summed E-state index contributed by atoms with van der Waals surface area (Å²) in [5.41, 5.74) is 5.85. The monoisotopic (exact) mass is 215 g/mol. The van der Waals surface area contributed by atoms with Gasteiger partial charge in [-0.05, 0) is 24.6 Å². The van der Waals surface area contributed by atoms with E-state index in [1.54, 1.807) is 0 Å². The molecule has 0 aliphatic rings. The van der Waals surface area contributed by atoms with Crippen molar-refractivity contribution in [2.24, 2.45) is 0 Å². The van der Waals surface area contributed by atoms with Gasteiger partial charge in [-0.3, -0.25) is 4.21 Å². The van der Waals surface area contributed by atoms with Crippen molar-refractivity contribution in [2.75, 3.05) is 5.73 Å². The van der Waals surface area contributed by atoms with Gasteiger partial charge in [0.25, 0.3) is 0 Å². The molecule has 0 bridgehead atoms. The number of nitrogen functional groups attached to an aromatic ring is 1. The molecule has 4 heteroatoms. The van der Waals surface area contributed by atoms with Crippen LogP contribution in [0.1, 0.15) is 20.3 Å². The summed E-state index contributed by atoms with van der Waals surface area (Å²) in [6.45, 7) is 3.85. The summed E-state index contributed by atoms with van der Waals surface area (Å²) >= 11 is 0. The first kappa shape index (κ1) is 11.2. The Labute approximate surface area is 85.8 Å². The van der Waals surface area contributed by atoms with Gasteiger partial charge in [-0.15, -0.1) is 0 Å². The average Bonchev–Trinajstić information content (AvgIpc) is 2.15. The topological polar surface area (TPSA) is 43.1 Å². The standard InChI is InChI=1S/C10H14FNOS/c1-3-7(2)14(13)10-5-4-8(11)6-9(10)12/h4-7H,3,12H2,1-2H3. The maximum absolute atomic E-state index is 12.7.